The van der Waals surface area contributed by atoms with Crippen molar-refractivity contribution in [1.82, 2.24) is 4.72 Å². The summed E-state index contributed by atoms with van der Waals surface area (Å²) in [5, 5.41) is 9.16. The Balaban J connectivity index is 2.78. The summed E-state index contributed by atoms with van der Waals surface area (Å²) in [6, 6.07) is 2.80. The van der Waals surface area contributed by atoms with E-state index in [-0.39, 0.29) is 10.8 Å². The molecule has 0 fully saturated rings. The Kier molecular flexibility index (Phi) is 5.59. The molecule has 17 heavy (non-hydrogen) atoms. The van der Waals surface area contributed by atoms with Crippen LogP contribution in [0.3, 0.4) is 0 Å². The molecule has 2 N–H and O–H groups in total. The highest BCUT2D eigenvalue weighted by atomic mass is 79.9. The van der Waals surface area contributed by atoms with E-state index in [4.69, 9.17) is 5.11 Å². The predicted octanol–water partition coefficient (Wildman–Crippen LogP) is 2.20. The van der Waals surface area contributed by atoms with Crippen LogP contribution in [0.2, 0.25) is 0 Å². The van der Waals surface area contributed by atoms with Gasteiger partial charge in [-0.05, 0) is 40.4 Å². The highest BCUT2D eigenvalue weighted by molar-refractivity contribution is 9.11. The average molecular weight is 342 g/mol. The summed E-state index contributed by atoms with van der Waals surface area (Å²) in [6.45, 7) is 3.78. The minimum absolute atomic E-state index is 0.191. The minimum atomic E-state index is -3.52. The molecule has 7 heteroatoms. The molecule has 0 bridgehead atoms. The number of hydrogen-bond donors (Lipinski definition) is 2. The summed E-state index contributed by atoms with van der Waals surface area (Å²) in [7, 11) is -3.52. The Bertz CT molecular complexity index is 456. The number of aliphatic hydroxyl groups is 1. The second-order valence-electron chi connectivity index (χ2n) is 4.19. The quantitative estimate of drug-likeness (QED) is 0.833. The van der Waals surface area contributed by atoms with Crippen LogP contribution in [-0.4, -0.2) is 26.2 Å². The van der Waals surface area contributed by atoms with Gasteiger partial charge in [0.1, 0.15) is 4.21 Å². The van der Waals surface area contributed by atoms with Crippen molar-refractivity contribution in [2.24, 2.45) is 5.92 Å². The van der Waals surface area contributed by atoms with E-state index in [0.29, 0.717) is 12.3 Å². The molecule has 0 aliphatic rings. The molecule has 1 rings (SSSR count). The monoisotopic (exact) mass is 341 g/mol. The maximum absolute atomic E-state index is 12.0. The third-order valence-electron chi connectivity index (χ3n) is 2.11. The highest BCUT2D eigenvalue weighted by Crippen LogP contribution is 2.26. The lowest BCUT2D eigenvalue weighted by Gasteiger charge is -2.17. The summed E-state index contributed by atoms with van der Waals surface area (Å²) in [5.74, 6) is 0.324. The van der Waals surface area contributed by atoms with Crippen molar-refractivity contribution >= 4 is 37.3 Å². The molecule has 4 nitrogen and oxygen atoms in total. The van der Waals surface area contributed by atoms with Gasteiger partial charge < -0.3 is 5.11 Å². The second kappa shape index (κ2) is 6.29. The first-order chi connectivity index (χ1) is 7.85. The highest BCUT2D eigenvalue weighted by Gasteiger charge is 2.21. The Morgan fingerprint density at radius 2 is 2.12 bits per heavy atom. The normalized spacial score (nSPS) is 14.2. The predicted molar refractivity (Wildman–Crippen MR) is 72.7 cm³/mol. The van der Waals surface area contributed by atoms with Crippen LogP contribution in [-0.2, 0) is 10.0 Å². The molecule has 0 spiro atoms. The Labute approximate surface area is 114 Å². The van der Waals surface area contributed by atoms with E-state index < -0.39 is 16.1 Å². The molecule has 1 atom stereocenters. The lowest BCUT2D eigenvalue weighted by molar-refractivity contribution is 0.240. The van der Waals surface area contributed by atoms with Gasteiger partial charge in [-0.2, -0.15) is 0 Å². The fraction of sp³-hybridized carbons (Fsp3) is 0.600. The Morgan fingerprint density at radius 1 is 1.47 bits per heavy atom. The van der Waals surface area contributed by atoms with E-state index in [1.165, 1.54) is 0 Å². The van der Waals surface area contributed by atoms with Crippen LogP contribution in [0, 0.1) is 5.92 Å². The maximum Gasteiger partial charge on any atom is 0.250 e. The van der Waals surface area contributed by atoms with Crippen LogP contribution in [0.15, 0.2) is 20.1 Å². The molecule has 1 heterocycles. The van der Waals surface area contributed by atoms with Gasteiger partial charge in [0.05, 0.1) is 10.4 Å². The van der Waals surface area contributed by atoms with Crippen LogP contribution in [0.5, 0.6) is 0 Å². The molecule has 0 aromatic carbocycles. The Morgan fingerprint density at radius 3 is 2.53 bits per heavy atom. The average Bonchev–Trinajstić information content (AvgIpc) is 2.63. The van der Waals surface area contributed by atoms with Gasteiger partial charge in [0.25, 0.3) is 0 Å². The minimum Gasteiger partial charge on any atom is -0.395 e. The van der Waals surface area contributed by atoms with Crippen LogP contribution in [0.25, 0.3) is 0 Å². The topological polar surface area (TPSA) is 66.4 Å². The summed E-state index contributed by atoms with van der Waals surface area (Å²) < 4.78 is 27.5. The first kappa shape index (κ1) is 15.1. The lowest BCUT2D eigenvalue weighted by atomic mass is 10.1. The number of aliphatic hydroxyl groups excluding tert-OH is 1. The first-order valence-corrected chi connectivity index (χ1v) is 8.33. The Hall–Kier alpha value is 0.0500. The smallest absolute Gasteiger partial charge is 0.250 e. The van der Waals surface area contributed by atoms with Crippen molar-refractivity contribution < 1.29 is 13.5 Å². The standard InChI is InChI=1S/C10H16BrNO3S2/c1-7(2)5-8(6-13)12-17(14,15)10-4-3-9(11)16-10/h3-4,7-8,12-13H,5-6H2,1-2H3. The summed E-state index contributed by atoms with van der Waals surface area (Å²) in [6.07, 6.45) is 0.613. The number of sulfonamides is 1. The van der Waals surface area contributed by atoms with E-state index >= 15 is 0 Å². The lowest BCUT2D eigenvalue weighted by Crippen LogP contribution is -2.38. The fourth-order valence-electron chi connectivity index (χ4n) is 1.45. The van der Waals surface area contributed by atoms with E-state index in [2.05, 4.69) is 20.7 Å². The van der Waals surface area contributed by atoms with Crippen LogP contribution in [0.4, 0.5) is 0 Å². The van der Waals surface area contributed by atoms with Crippen molar-refractivity contribution in [1.29, 1.82) is 0 Å². The number of rotatable bonds is 6. The van der Waals surface area contributed by atoms with E-state index in [0.717, 1.165) is 15.1 Å². The van der Waals surface area contributed by atoms with Crippen LogP contribution in [0.1, 0.15) is 20.3 Å². The number of nitrogens with one attached hydrogen (secondary N) is 1. The zero-order valence-electron chi connectivity index (χ0n) is 9.68. The van der Waals surface area contributed by atoms with Gasteiger partial charge in [-0.25, -0.2) is 13.1 Å². The molecule has 0 radical (unpaired) electrons. The van der Waals surface area contributed by atoms with Crippen LogP contribution >= 0.6 is 27.3 Å². The first-order valence-electron chi connectivity index (χ1n) is 5.23. The number of hydrogen-bond acceptors (Lipinski definition) is 4. The van der Waals surface area contributed by atoms with E-state index in [1.54, 1.807) is 12.1 Å². The van der Waals surface area contributed by atoms with Crippen molar-refractivity contribution in [2.45, 2.75) is 30.5 Å². The van der Waals surface area contributed by atoms with Crippen LogP contribution < -0.4 is 4.72 Å². The second-order valence-corrected chi connectivity index (χ2v) is 8.59. The zero-order valence-corrected chi connectivity index (χ0v) is 12.9. The molecule has 0 amide bonds. The largest absolute Gasteiger partial charge is 0.395 e. The van der Waals surface area contributed by atoms with Gasteiger partial charge >= 0.3 is 0 Å². The molecule has 98 valence electrons. The van der Waals surface area contributed by atoms with E-state index in [1.807, 2.05) is 13.8 Å². The maximum atomic E-state index is 12.0. The third-order valence-corrected chi connectivity index (χ3v) is 5.75. The number of halogens is 1. The van der Waals surface area contributed by atoms with Gasteiger partial charge in [-0.15, -0.1) is 11.3 Å². The van der Waals surface area contributed by atoms with Crippen molar-refractivity contribution in [3.05, 3.63) is 15.9 Å². The molecule has 0 aliphatic heterocycles. The summed E-state index contributed by atoms with van der Waals surface area (Å²) in [5.41, 5.74) is 0. The summed E-state index contributed by atoms with van der Waals surface area (Å²) >= 11 is 4.38. The molecule has 0 saturated carbocycles. The van der Waals surface area contributed by atoms with Gasteiger partial charge in [-0.1, -0.05) is 13.8 Å². The molecular weight excluding hydrogens is 326 g/mol. The summed E-state index contributed by atoms with van der Waals surface area (Å²) in [4.78, 5) is 0. The molecular formula is C10H16BrNO3S2. The molecule has 0 aliphatic carbocycles. The number of thiophene rings is 1. The van der Waals surface area contributed by atoms with Crippen molar-refractivity contribution in [3.63, 3.8) is 0 Å². The van der Waals surface area contributed by atoms with Gasteiger partial charge in [0, 0.05) is 6.04 Å². The molecule has 0 saturated heterocycles. The third kappa shape index (κ3) is 4.67. The molecule has 1 aromatic heterocycles. The SMILES string of the molecule is CC(C)CC(CO)NS(=O)(=O)c1ccc(Br)s1. The zero-order chi connectivity index (χ0) is 13.1. The van der Waals surface area contributed by atoms with Gasteiger partial charge in [0.15, 0.2) is 0 Å². The van der Waals surface area contributed by atoms with Crippen molar-refractivity contribution in [3.8, 4) is 0 Å². The van der Waals surface area contributed by atoms with E-state index in [9.17, 15) is 8.42 Å². The molecule has 1 aromatic rings. The van der Waals surface area contributed by atoms with Crippen molar-refractivity contribution in [2.75, 3.05) is 6.61 Å². The van der Waals surface area contributed by atoms with Gasteiger partial charge in [0.2, 0.25) is 10.0 Å². The fourth-order valence-corrected chi connectivity index (χ4v) is 4.72. The molecule has 1 unspecified atom stereocenters. The van der Waals surface area contributed by atoms with Gasteiger partial charge in [-0.3, -0.25) is 0 Å².